The summed E-state index contributed by atoms with van der Waals surface area (Å²) < 4.78 is 16.4. The molecule has 1 N–H and O–H groups in total. The maximum absolute atomic E-state index is 12.2. The van der Waals surface area contributed by atoms with Crippen LogP contribution in [0.5, 0.6) is 17.2 Å². The molecule has 174 valence electrons. The van der Waals surface area contributed by atoms with Crippen LogP contribution in [-0.4, -0.2) is 43.2 Å². The fourth-order valence-electron chi connectivity index (χ4n) is 3.52. The van der Waals surface area contributed by atoms with E-state index < -0.39 is 6.10 Å². The molecule has 1 atom stereocenters. The highest BCUT2D eigenvalue weighted by Crippen LogP contribution is 2.28. The molecule has 0 aromatic heterocycles. The van der Waals surface area contributed by atoms with Gasteiger partial charge in [-0.25, -0.2) is 0 Å². The Morgan fingerprint density at radius 3 is 2.24 bits per heavy atom. The second kappa shape index (κ2) is 11.9. The molecule has 0 saturated carbocycles. The summed E-state index contributed by atoms with van der Waals surface area (Å²) in [6.07, 6.45) is -0.152. The first-order chi connectivity index (χ1) is 16.0. The number of hydrogen-bond donors (Lipinski definition) is 1. The molecule has 0 heterocycles. The molecule has 0 unspecified atom stereocenters. The highest BCUT2D eigenvalue weighted by atomic mass is 16.5. The zero-order valence-electron chi connectivity index (χ0n) is 19.4. The van der Waals surface area contributed by atoms with Crippen LogP contribution < -0.4 is 14.2 Å². The Morgan fingerprint density at radius 2 is 1.61 bits per heavy atom. The Balaban J connectivity index is 1.56. The lowest BCUT2D eigenvalue weighted by molar-refractivity contribution is -0.130. The first-order valence-corrected chi connectivity index (χ1v) is 10.9. The van der Waals surface area contributed by atoms with Gasteiger partial charge in [-0.05, 0) is 47.4 Å². The molecule has 0 aliphatic heterocycles. The lowest BCUT2D eigenvalue weighted by Gasteiger charge is -2.24. The topological polar surface area (TPSA) is 68.2 Å². The van der Waals surface area contributed by atoms with Crippen LogP contribution in [0.4, 0.5) is 0 Å². The van der Waals surface area contributed by atoms with Crippen LogP contribution in [0.1, 0.15) is 29.7 Å². The van der Waals surface area contributed by atoms with Crippen molar-refractivity contribution in [2.75, 3.05) is 27.3 Å². The monoisotopic (exact) mass is 449 g/mol. The highest BCUT2D eigenvalue weighted by molar-refractivity contribution is 5.73. The molecule has 0 fully saturated rings. The molecule has 0 saturated heterocycles. The molecule has 1 amide bonds. The van der Waals surface area contributed by atoms with Gasteiger partial charge in [-0.2, -0.15) is 0 Å². The summed E-state index contributed by atoms with van der Waals surface area (Å²) in [5.41, 5.74) is 2.85. The molecule has 3 aromatic carbocycles. The van der Waals surface area contributed by atoms with E-state index in [1.165, 1.54) is 6.92 Å². The predicted molar refractivity (Wildman–Crippen MR) is 128 cm³/mol. The minimum atomic E-state index is -0.789. The molecule has 3 rings (SSSR count). The largest absolute Gasteiger partial charge is 0.493 e. The molecule has 0 aliphatic carbocycles. The number of aliphatic hydroxyl groups is 1. The number of methoxy groups -OCH3 is 2. The number of hydrogen-bond acceptors (Lipinski definition) is 5. The fraction of sp³-hybridized carbons (Fsp3) is 0.296. The van der Waals surface area contributed by atoms with Crippen LogP contribution in [-0.2, 0) is 17.8 Å². The molecule has 3 aromatic rings. The third-order valence-corrected chi connectivity index (χ3v) is 5.47. The summed E-state index contributed by atoms with van der Waals surface area (Å²) in [4.78, 5) is 13.8. The maximum Gasteiger partial charge on any atom is 0.219 e. The molecular weight excluding hydrogens is 418 g/mol. The Hall–Kier alpha value is -3.51. The zero-order valence-corrected chi connectivity index (χ0v) is 19.4. The van der Waals surface area contributed by atoms with Crippen LogP contribution in [0.25, 0.3) is 0 Å². The number of nitrogens with zero attached hydrogens (tertiary/aromatic N) is 1. The van der Waals surface area contributed by atoms with Crippen LogP contribution in [0.15, 0.2) is 72.8 Å². The smallest absolute Gasteiger partial charge is 0.219 e. The van der Waals surface area contributed by atoms with E-state index in [9.17, 15) is 9.90 Å². The van der Waals surface area contributed by atoms with Gasteiger partial charge in [0.05, 0.1) is 26.9 Å². The van der Waals surface area contributed by atoms with Crippen LogP contribution in [0, 0.1) is 0 Å². The van der Waals surface area contributed by atoms with Crippen LogP contribution in [0.3, 0.4) is 0 Å². The Morgan fingerprint density at radius 1 is 0.909 bits per heavy atom. The van der Waals surface area contributed by atoms with Crippen molar-refractivity contribution >= 4 is 5.91 Å². The predicted octanol–water partition coefficient (Wildman–Crippen LogP) is 4.41. The van der Waals surface area contributed by atoms with Gasteiger partial charge in [-0.1, -0.05) is 48.5 Å². The van der Waals surface area contributed by atoms with Crippen molar-refractivity contribution in [2.24, 2.45) is 0 Å². The van der Waals surface area contributed by atoms with Gasteiger partial charge >= 0.3 is 0 Å². The maximum atomic E-state index is 12.2. The first kappa shape index (κ1) is 24.1. The Bertz CT molecular complexity index is 1020. The van der Waals surface area contributed by atoms with Gasteiger partial charge in [-0.15, -0.1) is 0 Å². The average Bonchev–Trinajstić information content (AvgIpc) is 2.85. The van der Waals surface area contributed by atoms with Crippen molar-refractivity contribution in [1.29, 1.82) is 0 Å². The molecule has 6 nitrogen and oxygen atoms in total. The van der Waals surface area contributed by atoms with Gasteiger partial charge in [0.15, 0.2) is 11.5 Å². The van der Waals surface area contributed by atoms with E-state index in [1.807, 2.05) is 72.8 Å². The average molecular weight is 450 g/mol. The molecule has 0 aliphatic rings. The standard InChI is InChI=1S/C27H31NO5/c1-20(29)28(16-15-21-9-14-26(31-2)27(17-21)32-3)18-25(30)23-10-12-24(13-11-23)33-19-22-7-5-4-6-8-22/h4-14,17,25,30H,15-16,18-19H2,1-3H3/t25-/m0/s1. The summed E-state index contributed by atoms with van der Waals surface area (Å²) in [6.45, 7) is 2.70. The van der Waals surface area contributed by atoms with Crippen molar-refractivity contribution < 1.29 is 24.1 Å². The number of rotatable bonds is 11. The minimum absolute atomic E-state index is 0.0858. The SMILES string of the molecule is COc1ccc(CCN(C[C@H](O)c2ccc(OCc3ccccc3)cc2)C(C)=O)cc1OC. The highest BCUT2D eigenvalue weighted by Gasteiger charge is 2.16. The summed E-state index contributed by atoms with van der Waals surface area (Å²) in [5.74, 6) is 1.96. The van der Waals surface area contributed by atoms with Gasteiger partial charge < -0.3 is 24.2 Å². The van der Waals surface area contributed by atoms with Crippen LogP contribution in [0.2, 0.25) is 0 Å². The van der Waals surface area contributed by atoms with E-state index in [2.05, 4.69) is 0 Å². The number of benzene rings is 3. The molecule has 0 spiro atoms. The third kappa shape index (κ3) is 6.99. The molecular formula is C27H31NO5. The van der Waals surface area contributed by atoms with Gasteiger partial charge in [0.25, 0.3) is 0 Å². The quantitative estimate of drug-likeness (QED) is 0.470. The molecule has 33 heavy (non-hydrogen) atoms. The van der Waals surface area contributed by atoms with E-state index in [1.54, 1.807) is 19.1 Å². The van der Waals surface area contributed by atoms with E-state index in [4.69, 9.17) is 14.2 Å². The van der Waals surface area contributed by atoms with Gasteiger partial charge in [-0.3, -0.25) is 4.79 Å². The van der Waals surface area contributed by atoms with Gasteiger partial charge in [0.2, 0.25) is 5.91 Å². The van der Waals surface area contributed by atoms with Crippen LogP contribution >= 0.6 is 0 Å². The number of aliphatic hydroxyl groups excluding tert-OH is 1. The number of carbonyl (C=O) groups excluding carboxylic acids is 1. The lowest BCUT2D eigenvalue weighted by Crippen LogP contribution is -2.34. The zero-order chi connectivity index (χ0) is 23.6. The summed E-state index contributed by atoms with van der Waals surface area (Å²) in [5, 5.41) is 10.7. The normalized spacial score (nSPS) is 11.5. The molecule has 0 radical (unpaired) electrons. The minimum Gasteiger partial charge on any atom is -0.493 e. The van der Waals surface area contributed by atoms with Crippen molar-refractivity contribution in [2.45, 2.75) is 26.1 Å². The van der Waals surface area contributed by atoms with Crippen molar-refractivity contribution in [3.8, 4) is 17.2 Å². The Labute approximate surface area is 195 Å². The van der Waals surface area contributed by atoms with E-state index in [0.717, 1.165) is 22.4 Å². The number of carbonyl (C=O) groups is 1. The van der Waals surface area contributed by atoms with E-state index in [0.29, 0.717) is 31.1 Å². The third-order valence-electron chi connectivity index (χ3n) is 5.47. The van der Waals surface area contributed by atoms with E-state index >= 15 is 0 Å². The number of ether oxygens (including phenoxy) is 3. The van der Waals surface area contributed by atoms with Crippen molar-refractivity contribution in [1.82, 2.24) is 4.90 Å². The summed E-state index contributed by atoms with van der Waals surface area (Å²) >= 11 is 0. The van der Waals surface area contributed by atoms with Gasteiger partial charge in [0.1, 0.15) is 12.4 Å². The second-order valence-electron chi connectivity index (χ2n) is 7.76. The summed E-state index contributed by atoms with van der Waals surface area (Å²) in [6, 6.07) is 23.0. The lowest BCUT2D eigenvalue weighted by atomic mass is 10.1. The number of amides is 1. The molecule has 6 heteroatoms. The first-order valence-electron chi connectivity index (χ1n) is 10.9. The second-order valence-corrected chi connectivity index (χ2v) is 7.76. The fourth-order valence-corrected chi connectivity index (χ4v) is 3.52. The van der Waals surface area contributed by atoms with Crippen molar-refractivity contribution in [3.05, 3.63) is 89.5 Å². The van der Waals surface area contributed by atoms with Gasteiger partial charge in [0, 0.05) is 13.5 Å². The van der Waals surface area contributed by atoms with E-state index in [-0.39, 0.29) is 12.5 Å². The molecule has 0 bridgehead atoms. The summed E-state index contributed by atoms with van der Waals surface area (Å²) in [7, 11) is 3.19. The Kier molecular flexibility index (Phi) is 8.72. The van der Waals surface area contributed by atoms with Crippen molar-refractivity contribution in [3.63, 3.8) is 0 Å².